The minimum atomic E-state index is 0.594. The molecule has 0 aromatic rings. The van der Waals surface area contributed by atoms with Crippen LogP contribution in [0.5, 0.6) is 0 Å². The van der Waals surface area contributed by atoms with Crippen molar-refractivity contribution in [3.63, 3.8) is 0 Å². The third kappa shape index (κ3) is 8.60. The molecule has 1 aliphatic carbocycles. The van der Waals surface area contributed by atoms with Gasteiger partial charge in [0.1, 0.15) is 0 Å². The van der Waals surface area contributed by atoms with Crippen LogP contribution in [0.25, 0.3) is 0 Å². The van der Waals surface area contributed by atoms with Crippen molar-refractivity contribution in [1.29, 1.82) is 0 Å². The smallest absolute Gasteiger partial charge is 0.0786 e. The van der Waals surface area contributed by atoms with Gasteiger partial charge in [-0.3, -0.25) is 0 Å². The van der Waals surface area contributed by atoms with Gasteiger partial charge in [-0.1, -0.05) is 69.8 Å². The fourth-order valence-electron chi connectivity index (χ4n) is 3.26. The van der Waals surface area contributed by atoms with Gasteiger partial charge in [0.15, 0.2) is 0 Å². The van der Waals surface area contributed by atoms with E-state index in [2.05, 4.69) is 31.3 Å². The normalized spacial score (nSPS) is 19.1. The van der Waals surface area contributed by atoms with E-state index in [-0.39, 0.29) is 0 Å². The van der Waals surface area contributed by atoms with E-state index in [0.29, 0.717) is 12.0 Å². The summed E-state index contributed by atoms with van der Waals surface area (Å²) in [6, 6.07) is 0.648. The van der Waals surface area contributed by atoms with Gasteiger partial charge in [0.25, 0.3) is 0 Å². The molecule has 21 heavy (non-hydrogen) atoms. The van der Waals surface area contributed by atoms with Crippen molar-refractivity contribution in [3.8, 4) is 0 Å². The van der Waals surface area contributed by atoms with Gasteiger partial charge in [-0.2, -0.15) is 0 Å². The predicted octanol–water partition coefficient (Wildman–Crippen LogP) is 6.18. The summed E-state index contributed by atoms with van der Waals surface area (Å²) in [5, 5.41) is 3.71. The van der Waals surface area contributed by atoms with Gasteiger partial charge in [-0.05, 0) is 45.4 Å². The Kier molecular flexibility index (Phi) is 10.9. The first kappa shape index (κ1) is 18.7. The number of hydrogen-bond acceptors (Lipinski definition) is 1. The van der Waals surface area contributed by atoms with Gasteiger partial charge in [-0.25, -0.2) is 0 Å². The van der Waals surface area contributed by atoms with Gasteiger partial charge < -0.3 is 5.32 Å². The highest BCUT2D eigenvalue weighted by molar-refractivity contribution is 7.80. The molecule has 0 aromatic heterocycles. The van der Waals surface area contributed by atoms with E-state index in [0.717, 1.165) is 4.99 Å². The maximum absolute atomic E-state index is 5.71. The lowest BCUT2D eigenvalue weighted by molar-refractivity contribution is 0.421. The van der Waals surface area contributed by atoms with E-state index in [1.54, 1.807) is 0 Å². The maximum atomic E-state index is 5.71. The van der Waals surface area contributed by atoms with E-state index in [1.165, 1.54) is 77.0 Å². The highest BCUT2D eigenvalue weighted by Crippen LogP contribution is 2.20. The minimum absolute atomic E-state index is 0.594. The molecular formula is C19H35NS. The summed E-state index contributed by atoms with van der Waals surface area (Å²) in [5.41, 5.74) is 0. The maximum Gasteiger partial charge on any atom is 0.0786 e. The van der Waals surface area contributed by atoms with E-state index in [9.17, 15) is 0 Å². The van der Waals surface area contributed by atoms with Crippen molar-refractivity contribution in [2.75, 3.05) is 0 Å². The molecule has 122 valence electrons. The predicted molar refractivity (Wildman–Crippen MR) is 98.9 cm³/mol. The minimum Gasteiger partial charge on any atom is -0.377 e. The Hall–Kier alpha value is -0.370. The molecular weight excluding hydrogens is 274 g/mol. The summed E-state index contributed by atoms with van der Waals surface area (Å²) in [6.45, 7) is 4.38. The molecule has 0 spiro atoms. The van der Waals surface area contributed by atoms with Crippen LogP contribution >= 0.6 is 12.2 Å². The summed E-state index contributed by atoms with van der Waals surface area (Å²) in [5.74, 6) is 0.594. The molecule has 1 N–H and O–H groups in total. The zero-order valence-electron chi connectivity index (χ0n) is 14.2. The number of nitrogens with one attached hydrogen (secondary N) is 1. The molecule has 0 radical (unpaired) electrons. The first-order valence-corrected chi connectivity index (χ1v) is 9.60. The summed E-state index contributed by atoms with van der Waals surface area (Å²) in [6.07, 6.45) is 20.3. The molecule has 0 aromatic carbocycles. The second-order valence-electron chi connectivity index (χ2n) is 6.51. The number of hydrogen-bond donors (Lipinski definition) is 1. The highest BCUT2D eigenvalue weighted by Gasteiger charge is 2.17. The average molecular weight is 310 g/mol. The lowest BCUT2D eigenvalue weighted by Crippen LogP contribution is -2.38. The zero-order valence-corrected chi connectivity index (χ0v) is 15.0. The first-order chi connectivity index (χ1) is 10.3. The van der Waals surface area contributed by atoms with Crippen LogP contribution in [0.4, 0.5) is 0 Å². The van der Waals surface area contributed by atoms with Crippen molar-refractivity contribution in [1.82, 2.24) is 5.32 Å². The van der Waals surface area contributed by atoms with Crippen molar-refractivity contribution in [2.45, 2.75) is 96.9 Å². The second kappa shape index (κ2) is 12.2. The quantitative estimate of drug-likeness (QED) is 0.326. The lowest BCUT2D eigenvalue weighted by atomic mass is 9.94. The van der Waals surface area contributed by atoms with Crippen LogP contribution in [0.2, 0.25) is 0 Å². The van der Waals surface area contributed by atoms with Gasteiger partial charge in [0.05, 0.1) is 4.99 Å². The molecule has 0 saturated heterocycles. The Morgan fingerprint density at radius 3 is 2.43 bits per heavy atom. The molecule has 0 aliphatic heterocycles. The summed E-state index contributed by atoms with van der Waals surface area (Å²) in [4.78, 5) is 1.15. The number of rotatable bonds is 8. The Bertz CT molecular complexity index is 290. The Morgan fingerprint density at radius 2 is 1.81 bits per heavy atom. The molecule has 1 rings (SSSR count). The fraction of sp³-hybridized carbons (Fsp3) is 0.842. The Labute approximate surface area is 138 Å². The van der Waals surface area contributed by atoms with Gasteiger partial charge in [-0.15, -0.1) is 0 Å². The van der Waals surface area contributed by atoms with Crippen molar-refractivity contribution in [2.24, 2.45) is 5.92 Å². The van der Waals surface area contributed by atoms with Crippen molar-refractivity contribution in [3.05, 3.63) is 12.2 Å². The number of thiocarbonyl (C=S) groups is 1. The largest absolute Gasteiger partial charge is 0.377 e. The molecule has 2 heteroatoms. The zero-order chi connectivity index (χ0) is 15.3. The van der Waals surface area contributed by atoms with Crippen LogP contribution in [0.3, 0.4) is 0 Å². The molecule has 1 atom stereocenters. The van der Waals surface area contributed by atoms with Crippen LogP contribution in [0, 0.1) is 5.92 Å². The fourth-order valence-corrected chi connectivity index (χ4v) is 3.71. The standard InChI is InChI=1S/C19H35NS/c1-3-5-6-8-11-14-17(4-2)19(21)20-18-15-12-9-7-10-13-16-18/h3,5,17-18H,4,6-16H2,1-2H3,(H,20,21). The van der Waals surface area contributed by atoms with Crippen LogP contribution in [0.1, 0.15) is 90.9 Å². The molecule has 1 nitrogen and oxygen atoms in total. The summed E-state index contributed by atoms with van der Waals surface area (Å²) < 4.78 is 0. The molecule has 1 fully saturated rings. The number of unbranched alkanes of at least 4 members (excludes halogenated alkanes) is 2. The van der Waals surface area contributed by atoms with Gasteiger partial charge in [0.2, 0.25) is 0 Å². The van der Waals surface area contributed by atoms with Crippen LogP contribution < -0.4 is 5.32 Å². The van der Waals surface area contributed by atoms with E-state index >= 15 is 0 Å². The molecule has 0 heterocycles. The average Bonchev–Trinajstić information content (AvgIpc) is 2.45. The second-order valence-corrected chi connectivity index (χ2v) is 6.95. The third-order valence-corrected chi connectivity index (χ3v) is 5.18. The Morgan fingerprint density at radius 1 is 1.14 bits per heavy atom. The molecule has 1 aliphatic rings. The molecule has 0 amide bonds. The van der Waals surface area contributed by atoms with Crippen LogP contribution in [0.15, 0.2) is 12.2 Å². The monoisotopic (exact) mass is 309 g/mol. The topological polar surface area (TPSA) is 12.0 Å². The Balaban J connectivity index is 2.28. The molecule has 0 bridgehead atoms. The van der Waals surface area contributed by atoms with E-state index in [1.807, 2.05) is 0 Å². The van der Waals surface area contributed by atoms with Gasteiger partial charge >= 0.3 is 0 Å². The summed E-state index contributed by atoms with van der Waals surface area (Å²) in [7, 11) is 0. The molecule has 1 unspecified atom stereocenters. The van der Waals surface area contributed by atoms with Crippen LogP contribution in [-0.2, 0) is 0 Å². The van der Waals surface area contributed by atoms with E-state index in [4.69, 9.17) is 12.2 Å². The first-order valence-electron chi connectivity index (χ1n) is 9.19. The third-order valence-electron chi connectivity index (χ3n) is 4.72. The van der Waals surface area contributed by atoms with E-state index < -0.39 is 0 Å². The van der Waals surface area contributed by atoms with Crippen molar-refractivity contribution < 1.29 is 0 Å². The summed E-state index contributed by atoms with van der Waals surface area (Å²) >= 11 is 5.71. The lowest BCUT2D eigenvalue weighted by Gasteiger charge is -2.26. The van der Waals surface area contributed by atoms with Crippen LogP contribution in [-0.4, -0.2) is 11.0 Å². The van der Waals surface area contributed by atoms with Crippen molar-refractivity contribution >= 4 is 17.2 Å². The SMILES string of the molecule is CC=CCCCCC(CC)C(=S)NC1CCCCCCC1. The number of allylic oxidation sites excluding steroid dienone is 2. The highest BCUT2D eigenvalue weighted by atomic mass is 32.1. The molecule has 1 saturated carbocycles. The van der Waals surface area contributed by atoms with Gasteiger partial charge in [0, 0.05) is 12.0 Å².